The monoisotopic (exact) mass is 176 g/mol. The predicted octanol–water partition coefficient (Wildman–Crippen LogP) is -0.459. The fraction of sp³-hybridized carbons (Fsp3) is 0.857. The molecule has 1 fully saturated rings. The molecule has 2 atom stereocenters. The topological polar surface area (TPSA) is 32.3 Å². The Bertz CT molecular complexity index is 223. The fourth-order valence-corrected chi connectivity index (χ4v) is 2.71. The van der Waals surface area contributed by atoms with E-state index < -0.39 is 9.71 Å². The molecule has 1 rings (SSSR count). The van der Waals surface area contributed by atoms with Crippen molar-refractivity contribution in [1.29, 1.82) is 0 Å². The average Bonchev–Trinajstić information content (AvgIpc) is 1.86. The van der Waals surface area contributed by atoms with Gasteiger partial charge in [0.1, 0.15) is 0 Å². The van der Waals surface area contributed by atoms with E-state index in [4.69, 9.17) is 0 Å². The summed E-state index contributed by atoms with van der Waals surface area (Å²) in [7, 11) is -1.98. The zero-order valence-electron chi connectivity index (χ0n) is 7.17. The number of nitrogens with zero attached hydrogens (tertiary/aromatic N) is 1. The van der Waals surface area contributed by atoms with Gasteiger partial charge in [-0.1, -0.05) is 0 Å². The van der Waals surface area contributed by atoms with Gasteiger partial charge in [-0.25, -0.2) is 4.31 Å². The third kappa shape index (κ3) is 2.18. The van der Waals surface area contributed by atoms with Crippen LogP contribution in [0.1, 0.15) is 6.92 Å². The van der Waals surface area contributed by atoms with E-state index in [1.165, 1.54) is 0 Å². The van der Waals surface area contributed by atoms with Crippen molar-refractivity contribution in [3.05, 3.63) is 0 Å². The third-order valence-corrected chi connectivity index (χ3v) is 3.47. The van der Waals surface area contributed by atoms with Gasteiger partial charge in [-0.3, -0.25) is 4.21 Å². The van der Waals surface area contributed by atoms with E-state index in [0.717, 1.165) is 19.6 Å². The Hall–Kier alpha value is -0.0600. The highest BCUT2D eigenvalue weighted by Crippen LogP contribution is 2.06. The number of piperazine rings is 1. The summed E-state index contributed by atoms with van der Waals surface area (Å²) in [6, 6.07) is 0.346. The number of rotatable bonds is 1. The standard InChI is InChI=1S/C7H16N2OS/c1-7-6-8-4-5-9(7)11(2,3)10/h7-8H,2,4-6H2,1,3H3. The first kappa shape index (κ1) is 9.03. The van der Waals surface area contributed by atoms with Crippen LogP contribution in [0.4, 0.5) is 0 Å². The van der Waals surface area contributed by atoms with Crippen molar-refractivity contribution < 1.29 is 4.21 Å². The van der Waals surface area contributed by atoms with Crippen LogP contribution in [0.5, 0.6) is 0 Å². The lowest BCUT2D eigenvalue weighted by atomic mass is 10.3. The summed E-state index contributed by atoms with van der Waals surface area (Å²) >= 11 is 0. The second-order valence-corrected chi connectivity index (χ2v) is 5.54. The Balaban J connectivity index is 2.70. The Kier molecular flexibility index (Phi) is 2.57. The highest BCUT2D eigenvalue weighted by Gasteiger charge is 2.21. The molecule has 0 aromatic heterocycles. The van der Waals surface area contributed by atoms with Crippen molar-refractivity contribution in [1.82, 2.24) is 9.62 Å². The molecule has 2 unspecified atom stereocenters. The van der Waals surface area contributed by atoms with Crippen molar-refractivity contribution in [3.63, 3.8) is 0 Å². The van der Waals surface area contributed by atoms with E-state index in [1.54, 1.807) is 6.26 Å². The molecule has 4 heteroatoms. The minimum absolute atomic E-state index is 0.346. The normalized spacial score (nSPS) is 33.1. The lowest BCUT2D eigenvalue weighted by Crippen LogP contribution is -2.51. The van der Waals surface area contributed by atoms with Crippen molar-refractivity contribution in [2.75, 3.05) is 25.9 Å². The molecule has 11 heavy (non-hydrogen) atoms. The summed E-state index contributed by atoms with van der Waals surface area (Å²) in [5.74, 6) is 3.67. The number of hydrogen-bond acceptors (Lipinski definition) is 2. The van der Waals surface area contributed by atoms with Gasteiger partial charge in [0.15, 0.2) is 0 Å². The minimum atomic E-state index is -1.98. The van der Waals surface area contributed by atoms with E-state index in [-0.39, 0.29) is 0 Å². The smallest absolute Gasteiger partial charge is 0.0316 e. The van der Waals surface area contributed by atoms with Crippen LogP contribution in [-0.2, 0) is 9.71 Å². The molecular formula is C7H16N2OS. The van der Waals surface area contributed by atoms with Crippen LogP contribution in [-0.4, -0.2) is 46.3 Å². The van der Waals surface area contributed by atoms with Gasteiger partial charge >= 0.3 is 0 Å². The van der Waals surface area contributed by atoms with Gasteiger partial charge in [0.25, 0.3) is 0 Å². The molecule has 3 nitrogen and oxygen atoms in total. The maximum absolute atomic E-state index is 11.5. The van der Waals surface area contributed by atoms with Gasteiger partial charge in [-0.15, -0.1) is 0 Å². The molecule has 0 amide bonds. The first-order valence-electron chi connectivity index (χ1n) is 3.81. The SMILES string of the molecule is C=S(C)(=O)N1CCNCC1C. The number of hydrogen-bond donors (Lipinski definition) is 1. The van der Waals surface area contributed by atoms with Crippen LogP contribution in [0, 0.1) is 0 Å². The largest absolute Gasteiger partial charge is 0.314 e. The molecule has 66 valence electrons. The van der Waals surface area contributed by atoms with Crippen molar-refractivity contribution in [2.24, 2.45) is 0 Å². The van der Waals surface area contributed by atoms with Gasteiger partial charge < -0.3 is 5.32 Å². The van der Waals surface area contributed by atoms with Gasteiger partial charge in [-0.2, -0.15) is 0 Å². The average molecular weight is 176 g/mol. The summed E-state index contributed by atoms with van der Waals surface area (Å²) in [6.45, 7) is 4.76. The quantitative estimate of drug-likeness (QED) is 0.548. The van der Waals surface area contributed by atoms with Gasteiger partial charge in [0, 0.05) is 41.6 Å². The van der Waals surface area contributed by atoms with Crippen molar-refractivity contribution in [3.8, 4) is 0 Å². The van der Waals surface area contributed by atoms with E-state index >= 15 is 0 Å². The summed E-state index contributed by atoms with van der Waals surface area (Å²) in [5.41, 5.74) is 0. The summed E-state index contributed by atoms with van der Waals surface area (Å²) in [4.78, 5) is 0. The molecule has 1 aliphatic heterocycles. The summed E-state index contributed by atoms with van der Waals surface area (Å²) in [5, 5.41) is 3.24. The molecule has 0 aliphatic carbocycles. The predicted molar refractivity (Wildman–Crippen MR) is 50.2 cm³/mol. The zero-order valence-corrected chi connectivity index (χ0v) is 7.99. The Morgan fingerprint density at radius 1 is 1.73 bits per heavy atom. The van der Waals surface area contributed by atoms with Crippen LogP contribution in [0.15, 0.2) is 0 Å². The fourth-order valence-electron chi connectivity index (χ4n) is 1.40. The molecule has 0 bridgehead atoms. The van der Waals surface area contributed by atoms with E-state index in [0.29, 0.717) is 6.04 Å². The second-order valence-electron chi connectivity index (χ2n) is 3.15. The molecular weight excluding hydrogens is 160 g/mol. The van der Waals surface area contributed by atoms with Crippen molar-refractivity contribution in [2.45, 2.75) is 13.0 Å². The van der Waals surface area contributed by atoms with E-state index in [2.05, 4.69) is 18.1 Å². The molecule has 1 N–H and O–H groups in total. The Morgan fingerprint density at radius 3 is 2.73 bits per heavy atom. The lowest BCUT2D eigenvalue weighted by molar-refractivity contribution is 0.298. The molecule has 0 aromatic carbocycles. The van der Waals surface area contributed by atoms with Gasteiger partial charge in [0.05, 0.1) is 0 Å². The maximum atomic E-state index is 11.5. The maximum Gasteiger partial charge on any atom is 0.0316 e. The lowest BCUT2D eigenvalue weighted by Gasteiger charge is -2.34. The Labute approximate surface area is 68.9 Å². The van der Waals surface area contributed by atoms with Crippen LogP contribution >= 0.6 is 0 Å². The zero-order chi connectivity index (χ0) is 8.48. The van der Waals surface area contributed by atoms with Crippen molar-refractivity contribution >= 4 is 15.6 Å². The Morgan fingerprint density at radius 2 is 2.36 bits per heavy atom. The van der Waals surface area contributed by atoms with Crippen LogP contribution < -0.4 is 5.32 Å². The molecule has 1 aliphatic rings. The minimum Gasteiger partial charge on any atom is -0.314 e. The highest BCUT2D eigenvalue weighted by molar-refractivity contribution is 7.97. The molecule has 0 radical (unpaired) electrons. The first-order chi connectivity index (χ1) is 5.02. The highest BCUT2D eigenvalue weighted by atomic mass is 32.2. The van der Waals surface area contributed by atoms with E-state index in [9.17, 15) is 4.21 Å². The van der Waals surface area contributed by atoms with Gasteiger partial charge in [0.2, 0.25) is 0 Å². The second kappa shape index (κ2) is 3.13. The molecule has 1 saturated heterocycles. The van der Waals surface area contributed by atoms with E-state index in [1.807, 2.05) is 4.31 Å². The van der Waals surface area contributed by atoms with Crippen LogP contribution in [0.2, 0.25) is 0 Å². The molecule has 0 aromatic rings. The molecule has 0 spiro atoms. The molecule has 1 heterocycles. The number of nitrogens with one attached hydrogen (secondary N) is 1. The first-order valence-corrected chi connectivity index (χ1v) is 5.91. The third-order valence-electron chi connectivity index (χ3n) is 1.94. The van der Waals surface area contributed by atoms with Gasteiger partial charge in [-0.05, 0) is 12.8 Å². The molecule has 0 saturated carbocycles. The van der Waals surface area contributed by atoms with Crippen LogP contribution in [0.25, 0.3) is 0 Å². The van der Waals surface area contributed by atoms with Crippen LogP contribution in [0.3, 0.4) is 0 Å². The summed E-state index contributed by atoms with van der Waals surface area (Å²) < 4.78 is 13.5. The summed E-state index contributed by atoms with van der Waals surface area (Å²) in [6.07, 6.45) is 1.70.